The van der Waals surface area contributed by atoms with Gasteiger partial charge in [-0.1, -0.05) is 47.6 Å². The maximum atomic E-state index is 12.7. The van der Waals surface area contributed by atoms with Crippen LogP contribution in [0.2, 0.25) is 0 Å². The summed E-state index contributed by atoms with van der Waals surface area (Å²) in [5, 5.41) is 14.9. The van der Waals surface area contributed by atoms with Gasteiger partial charge in [-0.05, 0) is 6.07 Å². The van der Waals surface area contributed by atoms with Gasteiger partial charge in [-0.15, -0.1) is 0 Å². The number of hydrogen-bond donors (Lipinski definition) is 0. The molecule has 0 fully saturated rings. The molecule has 0 N–H and O–H groups in total. The zero-order valence-corrected chi connectivity index (χ0v) is 14.5. The summed E-state index contributed by atoms with van der Waals surface area (Å²) >= 11 is 0. The molecule has 0 bridgehead atoms. The van der Waals surface area contributed by atoms with Crippen LogP contribution in [0, 0.1) is 10.1 Å². The molecular formula is C16H14N4O5S. The highest BCUT2D eigenvalue weighted by Gasteiger charge is 2.30. The van der Waals surface area contributed by atoms with E-state index in [1.807, 2.05) is 18.2 Å². The third kappa shape index (κ3) is 3.46. The fourth-order valence-electron chi connectivity index (χ4n) is 2.29. The van der Waals surface area contributed by atoms with Crippen LogP contribution >= 0.6 is 0 Å². The lowest BCUT2D eigenvalue weighted by atomic mass is 10.2. The molecule has 0 spiro atoms. The summed E-state index contributed by atoms with van der Waals surface area (Å²) in [7, 11) is -2.81. The molecule has 1 heterocycles. The number of aromatic nitrogens is 2. The van der Waals surface area contributed by atoms with Crippen molar-refractivity contribution < 1.29 is 17.9 Å². The first-order valence-corrected chi connectivity index (χ1v) is 8.91. The Kier molecular flexibility index (Phi) is 4.78. The molecule has 0 aliphatic carbocycles. The molecule has 134 valence electrons. The van der Waals surface area contributed by atoms with Gasteiger partial charge in [0.15, 0.2) is 4.90 Å². The summed E-state index contributed by atoms with van der Waals surface area (Å²) in [4.78, 5) is 14.1. The zero-order valence-electron chi connectivity index (χ0n) is 13.6. The Morgan fingerprint density at radius 2 is 1.77 bits per heavy atom. The molecule has 0 atom stereocenters. The van der Waals surface area contributed by atoms with Gasteiger partial charge < -0.3 is 4.52 Å². The fraction of sp³-hybridized carbons (Fsp3) is 0.125. The standard InChI is InChI=1S/C16H14N4O5S/c1-19(26(23,24)14-10-6-5-9-13(14)20(21)22)11-15-17-16(18-25-15)12-7-3-2-4-8-12/h2-10H,11H2,1H3. The van der Waals surface area contributed by atoms with Crippen LogP contribution in [-0.4, -0.2) is 34.8 Å². The molecular weight excluding hydrogens is 360 g/mol. The molecule has 0 saturated carbocycles. The third-order valence-corrected chi connectivity index (χ3v) is 5.46. The number of para-hydroxylation sites is 1. The minimum Gasteiger partial charge on any atom is -0.338 e. The summed E-state index contributed by atoms with van der Waals surface area (Å²) in [6, 6.07) is 14.2. The Morgan fingerprint density at radius 1 is 1.12 bits per heavy atom. The van der Waals surface area contributed by atoms with E-state index < -0.39 is 25.5 Å². The third-order valence-electron chi connectivity index (χ3n) is 3.61. The van der Waals surface area contributed by atoms with E-state index in [9.17, 15) is 18.5 Å². The van der Waals surface area contributed by atoms with E-state index in [1.165, 1.54) is 25.2 Å². The Bertz CT molecular complexity index is 1030. The second kappa shape index (κ2) is 7.02. The highest BCUT2D eigenvalue weighted by Crippen LogP contribution is 2.26. The highest BCUT2D eigenvalue weighted by atomic mass is 32.2. The van der Waals surface area contributed by atoms with Gasteiger partial charge in [0.05, 0.1) is 11.5 Å². The van der Waals surface area contributed by atoms with E-state index in [-0.39, 0.29) is 12.4 Å². The van der Waals surface area contributed by atoms with Crippen molar-refractivity contribution in [1.82, 2.24) is 14.4 Å². The SMILES string of the molecule is CN(Cc1nc(-c2ccccc2)no1)S(=O)(=O)c1ccccc1[N+](=O)[O-]. The molecule has 0 saturated heterocycles. The summed E-state index contributed by atoms with van der Waals surface area (Å²) < 4.78 is 31.4. The first-order chi connectivity index (χ1) is 12.4. The first kappa shape index (κ1) is 17.7. The Labute approximate surface area is 149 Å². The summed E-state index contributed by atoms with van der Waals surface area (Å²) in [6.45, 7) is -0.214. The van der Waals surface area contributed by atoms with Crippen LogP contribution in [0.1, 0.15) is 5.89 Å². The van der Waals surface area contributed by atoms with Crippen molar-refractivity contribution in [2.75, 3.05) is 7.05 Å². The predicted octanol–water partition coefficient (Wildman–Crippen LogP) is 2.47. The average Bonchev–Trinajstić information content (AvgIpc) is 3.11. The van der Waals surface area contributed by atoms with Gasteiger partial charge in [0.25, 0.3) is 5.69 Å². The predicted molar refractivity (Wildman–Crippen MR) is 91.5 cm³/mol. The lowest BCUT2D eigenvalue weighted by Gasteiger charge is -2.14. The van der Waals surface area contributed by atoms with Crippen LogP contribution in [0.5, 0.6) is 0 Å². The van der Waals surface area contributed by atoms with Crippen LogP contribution < -0.4 is 0 Å². The van der Waals surface area contributed by atoms with Crippen molar-refractivity contribution in [3.05, 3.63) is 70.6 Å². The second-order valence-electron chi connectivity index (χ2n) is 5.36. The van der Waals surface area contributed by atoms with Crippen LogP contribution in [0.4, 0.5) is 5.69 Å². The molecule has 1 aromatic heterocycles. The second-order valence-corrected chi connectivity index (χ2v) is 7.38. The van der Waals surface area contributed by atoms with Gasteiger partial charge in [-0.25, -0.2) is 8.42 Å². The zero-order chi connectivity index (χ0) is 18.7. The van der Waals surface area contributed by atoms with Gasteiger partial charge in [-0.3, -0.25) is 10.1 Å². The van der Waals surface area contributed by atoms with Gasteiger partial charge in [0.2, 0.25) is 21.7 Å². The minimum atomic E-state index is -4.10. The maximum Gasteiger partial charge on any atom is 0.289 e. The number of benzene rings is 2. The quantitative estimate of drug-likeness (QED) is 0.480. The lowest BCUT2D eigenvalue weighted by Crippen LogP contribution is -2.27. The number of nitrogens with zero attached hydrogens (tertiary/aromatic N) is 4. The fourth-order valence-corrected chi connectivity index (χ4v) is 3.57. The summed E-state index contributed by atoms with van der Waals surface area (Å²) in [6.07, 6.45) is 0. The smallest absolute Gasteiger partial charge is 0.289 e. The van der Waals surface area contributed by atoms with Gasteiger partial charge in [0.1, 0.15) is 0 Å². The monoisotopic (exact) mass is 374 g/mol. The van der Waals surface area contributed by atoms with Crippen molar-refractivity contribution >= 4 is 15.7 Å². The molecule has 0 radical (unpaired) electrons. The Hall–Kier alpha value is -3.11. The highest BCUT2D eigenvalue weighted by molar-refractivity contribution is 7.89. The number of hydrogen-bond acceptors (Lipinski definition) is 7. The maximum absolute atomic E-state index is 12.7. The molecule has 0 unspecified atom stereocenters. The van der Waals surface area contributed by atoms with Crippen molar-refractivity contribution in [3.8, 4) is 11.4 Å². The van der Waals surface area contributed by atoms with Crippen LogP contribution in [0.3, 0.4) is 0 Å². The van der Waals surface area contributed by atoms with Crippen molar-refractivity contribution in [2.45, 2.75) is 11.4 Å². The molecule has 9 nitrogen and oxygen atoms in total. The van der Waals surface area contributed by atoms with E-state index in [1.54, 1.807) is 12.1 Å². The van der Waals surface area contributed by atoms with Crippen molar-refractivity contribution in [2.24, 2.45) is 0 Å². The number of sulfonamides is 1. The van der Waals surface area contributed by atoms with Crippen molar-refractivity contribution in [3.63, 3.8) is 0 Å². The molecule has 26 heavy (non-hydrogen) atoms. The number of nitro benzene ring substituents is 1. The number of nitro groups is 1. The first-order valence-electron chi connectivity index (χ1n) is 7.47. The molecule has 3 aromatic rings. The number of rotatable bonds is 6. The Morgan fingerprint density at radius 3 is 2.46 bits per heavy atom. The van der Waals surface area contributed by atoms with E-state index in [4.69, 9.17) is 4.52 Å². The van der Waals surface area contributed by atoms with E-state index in [2.05, 4.69) is 10.1 Å². The van der Waals surface area contributed by atoms with Crippen LogP contribution in [-0.2, 0) is 16.6 Å². The van der Waals surface area contributed by atoms with E-state index in [0.29, 0.717) is 5.82 Å². The molecule has 3 rings (SSSR count). The van der Waals surface area contributed by atoms with E-state index in [0.717, 1.165) is 15.9 Å². The van der Waals surface area contributed by atoms with Gasteiger partial charge in [0, 0.05) is 18.7 Å². The van der Waals surface area contributed by atoms with Crippen LogP contribution in [0.25, 0.3) is 11.4 Å². The van der Waals surface area contributed by atoms with Crippen molar-refractivity contribution in [1.29, 1.82) is 0 Å². The topological polar surface area (TPSA) is 119 Å². The summed E-state index contributed by atoms with van der Waals surface area (Å²) in [5.74, 6) is 0.408. The lowest BCUT2D eigenvalue weighted by molar-refractivity contribution is -0.387. The molecule has 10 heteroatoms. The average molecular weight is 374 g/mol. The van der Waals surface area contributed by atoms with E-state index >= 15 is 0 Å². The minimum absolute atomic E-state index is 0.0773. The Balaban J connectivity index is 1.85. The molecule has 0 amide bonds. The van der Waals surface area contributed by atoms with Crippen LogP contribution in [0.15, 0.2) is 64.0 Å². The molecule has 0 aliphatic rings. The summed E-state index contributed by atoms with van der Waals surface area (Å²) in [5.41, 5.74) is 0.238. The molecule has 2 aromatic carbocycles. The molecule has 0 aliphatic heterocycles. The largest absolute Gasteiger partial charge is 0.338 e. The normalized spacial score (nSPS) is 11.6. The van der Waals surface area contributed by atoms with Gasteiger partial charge in [-0.2, -0.15) is 9.29 Å². The van der Waals surface area contributed by atoms with Gasteiger partial charge >= 0.3 is 0 Å².